The van der Waals surface area contributed by atoms with Gasteiger partial charge in [-0.15, -0.1) is 11.3 Å². The molecule has 1 unspecified atom stereocenters. The molecule has 1 fully saturated rings. The van der Waals surface area contributed by atoms with E-state index in [1.54, 1.807) is 11.3 Å². The largest absolute Gasteiger partial charge is 0.397 e. The first-order valence-electron chi connectivity index (χ1n) is 7.13. The summed E-state index contributed by atoms with van der Waals surface area (Å²) in [6.07, 6.45) is 3.91. The molecule has 0 aliphatic carbocycles. The molecule has 1 aromatic heterocycles. The van der Waals surface area contributed by atoms with Crippen LogP contribution >= 0.6 is 11.3 Å². The molecular weight excluding hydrogens is 270 g/mol. The van der Waals surface area contributed by atoms with Crippen LogP contribution in [0.1, 0.15) is 24.3 Å². The fourth-order valence-corrected chi connectivity index (χ4v) is 3.64. The molecule has 3 rings (SSSR count). The molecule has 4 nitrogen and oxygen atoms in total. The van der Waals surface area contributed by atoms with Crippen molar-refractivity contribution in [3.63, 3.8) is 0 Å². The van der Waals surface area contributed by atoms with Gasteiger partial charge in [-0.25, -0.2) is 4.98 Å². The van der Waals surface area contributed by atoms with E-state index in [1.165, 1.54) is 12.8 Å². The Morgan fingerprint density at radius 2 is 2.30 bits per heavy atom. The lowest BCUT2D eigenvalue weighted by Crippen LogP contribution is -2.33. The summed E-state index contributed by atoms with van der Waals surface area (Å²) in [6, 6.07) is 4.13. The zero-order chi connectivity index (χ0) is 14.1. The fourth-order valence-electron chi connectivity index (χ4n) is 2.78. The van der Waals surface area contributed by atoms with Crippen LogP contribution in [0.4, 0.5) is 11.4 Å². The van der Waals surface area contributed by atoms with E-state index in [9.17, 15) is 0 Å². The Bertz CT molecular complexity index is 604. The van der Waals surface area contributed by atoms with Gasteiger partial charge in [-0.3, -0.25) is 0 Å². The maximum absolute atomic E-state index is 6.20. The molecule has 20 heavy (non-hydrogen) atoms. The highest BCUT2D eigenvalue weighted by atomic mass is 32.1. The van der Waals surface area contributed by atoms with Gasteiger partial charge in [0.1, 0.15) is 0 Å². The number of benzene rings is 1. The predicted octanol–water partition coefficient (Wildman–Crippen LogP) is 3.19. The Hall–Kier alpha value is -1.33. The molecule has 2 N–H and O–H groups in total. The monoisotopic (exact) mass is 291 g/mol. The summed E-state index contributed by atoms with van der Waals surface area (Å²) in [5.41, 5.74) is 9.11. The number of hydrogen-bond acceptors (Lipinski definition) is 5. The number of rotatable bonds is 3. The topological polar surface area (TPSA) is 51.4 Å². The van der Waals surface area contributed by atoms with Gasteiger partial charge in [0.05, 0.1) is 32.7 Å². The van der Waals surface area contributed by atoms with Gasteiger partial charge in [-0.2, -0.15) is 0 Å². The van der Waals surface area contributed by atoms with Crippen LogP contribution in [0.15, 0.2) is 12.1 Å². The zero-order valence-corrected chi connectivity index (χ0v) is 12.9. The van der Waals surface area contributed by atoms with Crippen molar-refractivity contribution in [2.75, 3.05) is 30.8 Å². The van der Waals surface area contributed by atoms with Crippen LogP contribution in [0.5, 0.6) is 0 Å². The second-order valence-electron chi connectivity index (χ2n) is 5.48. The SMILES string of the molecule is Cc1nc2cc(N(C)CC3CCCCO3)c(N)cc2s1. The number of likely N-dealkylation sites (N-methyl/N-ethyl adjacent to an activating group) is 1. The number of nitrogen functional groups attached to an aromatic ring is 1. The third kappa shape index (κ3) is 2.74. The van der Waals surface area contributed by atoms with E-state index in [2.05, 4.69) is 23.0 Å². The number of nitrogens with zero attached hydrogens (tertiary/aromatic N) is 2. The minimum atomic E-state index is 0.320. The lowest BCUT2D eigenvalue weighted by Gasteiger charge is -2.29. The van der Waals surface area contributed by atoms with Gasteiger partial charge in [0.2, 0.25) is 0 Å². The van der Waals surface area contributed by atoms with Crippen LogP contribution in [0.2, 0.25) is 0 Å². The van der Waals surface area contributed by atoms with Crippen LogP contribution in [0.3, 0.4) is 0 Å². The standard InChI is InChI=1S/C15H21N3OS/c1-10-17-13-8-14(12(16)7-15(13)20-10)18(2)9-11-5-3-4-6-19-11/h7-8,11H,3-6,9,16H2,1-2H3. The molecule has 2 heterocycles. The lowest BCUT2D eigenvalue weighted by atomic mass is 10.1. The lowest BCUT2D eigenvalue weighted by molar-refractivity contribution is 0.0216. The Morgan fingerprint density at radius 3 is 3.05 bits per heavy atom. The molecule has 1 aliphatic heterocycles. The minimum absolute atomic E-state index is 0.320. The summed E-state index contributed by atoms with van der Waals surface area (Å²) < 4.78 is 6.96. The first-order valence-corrected chi connectivity index (χ1v) is 7.94. The molecule has 1 aliphatic rings. The number of hydrogen-bond donors (Lipinski definition) is 1. The molecule has 1 saturated heterocycles. The first-order chi connectivity index (χ1) is 9.63. The van der Waals surface area contributed by atoms with E-state index in [1.807, 2.05) is 13.0 Å². The molecule has 0 spiro atoms. The average molecular weight is 291 g/mol. The van der Waals surface area contributed by atoms with Gasteiger partial charge >= 0.3 is 0 Å². The molecule has 108 valence electrons. The molecule has 2 aromatic rings. The minimum Gasteiger partial charge on any atom is -0.397 e. The second kappa shape index (κ2) is 5.58. The molecule has 0 radical (unpaired) electrons. The van der Waals surface area contributed by atoms with Crippen molar-refractivity contribution < 1.29 is 4.74 Å². The molecule has 0 bridgehead atoms. The smallest absolute Gasteiger partial charge is 0.0907 e. The molecular formula is C15H21N3OS. The first kappa shape index (κ1) is 13.6. The predicted molar refractivity (Wildman–Crippen MR) is 85.6 cm³/mol. The highest BCUT2D eigenvalue weighted by molar-refractivity contribution is 7.18. The molecule has 5 heteroatoms. The second-order valence-corrected chi connectivity index (χ2v) is 6.72. The van der Waals surface area contributed by atoms with Gasteiger partial charge in [0.15, 0.2) is 0 Å². The fraction of sp³-hybridized carbons (Fsp3) is 0.533. The Labute approximate surface area is 123 Å². The maximum atomic E-state index is 6.20. The number of anilines is 2. The number of nitrogens with two attached hydrogens (primary N) is 1. The van der Waals surface area contributed by atoms with Crippen LogP contribution in [0.25, 0.3) is 10.2 Å². The van der Waals surface area contributed by atoms with Crippen molar-refractivity contribution in [1.29, 1.82) is 0 Å². The maximum Gasteiger partial charge on any atom is 0.0907 e. The van der Waals surface area contributed by atoms with E-state index in [4.69, 9.17) is 10.5 Å². The van der Waals surface area contributed by atoms with Crippen LogP contribution in [0, 0.1) is 6.92 Å². The van der Waals surface area contributed by atoms with Crippen molar-refractivity contribution in [3.05, 3.63) is 17.1 Å². The van der Waals surface area contributed by atoms with Crippen LogP contribution < -0.4 is 10.6 Å². The van der Waals surface area contributed by atoms with Gasteiger partial charge in [0, 0.05) is 20.2 Å². The van der Waals surface area contributed by atoms with Gasteiger partial charge < -0.3 is 15.4 Å². The third-order valence-electron chi connectivity index (χ3n) is 3.81. The summed E-state index contributed by atoms with van der Waals surface area (Å²) in [6.45, 7) is 3.80. The molecule has 0 saturated carbocycles. The zero-order valence-electron chi connectivity index (χ0n) is 12.1. The van der Waals surface area contributed by atoms with E-state index < -0.39 is 0 Å². The Morgan fingerprint density at radius 1 is 1.45 bits per heavy atom. The highest BCUT2D eigenvalue weighted by Crippen LogP contribution is 2.32. The third-order valence-corrected chi connectivity index (χ3v) is 4.74. The molecule has 1 atom stereocenters. The summed E-state index contributed by atoms with van der Waals surface area (Å²) >= 11 is 1.69. The number of thiazole rings is 1. The van der Waals surface area contributed by atoms with Gasteiger partial charge in [0.25, 0.3) is 0 Å². The Balaban J connectivity index is 1.82. The summed E-state index contributed by atoms with van der Waals surface area (Å²) in [7, 11) is 2.08. The van der Waals surface area contributed by atoms with Crippen molar-refractivity contribution in [2.45, 2.75) is 32.3 Å². The van der Waals surface area contributed by atoms with Crippen LogP contribution in [-0.4, -0.2) is 31.3 Å². The van der Waals surface area contributed by atoms with Crippen LogP contribution in [-0.2, 0) is 4.74 Å². The average Bonchev–Trinajstić information content (AvgIpc) is 2.78. The summed E-state index contributed by atoms with van der Waals surface area (Å²) in [5, 5.41) is 1.08. The number of aryl methyl sites for hydroxylation is 1. The molecule has 1 aromatic carbocycles. The Kier molecular flexibility index (Phi) is 3.81. The quantitative estimate of drug-likeness (QED) is 0.882. The van der Waals surface area contributed by atoms with E-state index in [0.717, 1.165) is 46.2 Å². The van der Waals surface area contributed by atoms with Crippen molar-refractivity contribution in [2.24, 2.45) is 0 Å². The number of ether oxygens (including phenoxy) is 1. The van der Waals surface area contributed by atoms with E-state index in [-0.39, 0.29) is 0 Å². The van der Waals surface area contributed by atoms with E-state index in [0.29, 0.717) is 6.10 Å². The van der Waals surface area contributed by atoms with Gasteiger partial charge in [-0.05, 0) is 38.3 Å². The normalized spacial score (nSPS) is 19.4. The van der Waals surface area contributed by atoms with Crippen molar-refractivity contribution >= 4 is 32.9 Å². The van der Waals surface area contributed by atoms with E-state index >= 15 is 0 Å². The number of aromatic nitrogens is 1. The van der Waals surface area contributed by atoms with Crippen molar-refractivity contribution in [1.82, 2.24) is 4.98 Å². The number of fused-ring (bicyclic) bond motifs is 1. The summed E-state index contributed by atoms with van der Waals surface area (Å²) in [4.78, 5) is 6.74. The molecule has 0 amide bonds. The summed E-state index contributed by atoms with van der Waals surface area (Å²) in [5.74, 6) is 0. The van der Waals surface area contributed by atoms with Crippen molar-refractivity contribution in [3.8, 4) is 0 Å². The highest BCUT2D eigenvalue weighted by Gasteiger charge is 2.18. The van der Waals surface area contributed by atoms with Gasteiger partial charge in [-0.1, -0.05) is 0 Å².